The molecule has 2 aromatic carbocycles. The van der Waals surface area contributed by atoms with Crippen molar-refractivity contribution in [3.63, 3.8) is 0 Å². The van der Waals surface area contributed by atoms with E-state index in [-0.39, 0.29) is 16.3 Å². The maximum atomic E-state index is 14.2. The van der Waals surface area contributed by atoms with E-state index in [4.69, 9.17) is 4.74 Å². The van der Waals surface area contributed by atoms with Gasteiger partial charge in [-0.2, -0.15) is 0 Å². The number of ether oxygens (including phenoxy) is 1. The number of benzene rings is 2. The van der Waals surface area contributed by atoms with Crippen LogP contribution >= 0.6 is 15.9 Å². The van der Waals surface area contributed by atoms with Crippen molar-refractivity contribution < 1.29 is 21.9 Å². The molecule has 12 heteroatoms. The van der Waals surface area contributed by atoms with Crippen LogP contribution in [0.25, 0.3) is 10.9 Å². The fraction of sp³-hybridized carbons (Fsp3) is 0.200. The number of aromatic nitrogens is 4. The lowest BCUT2D eigenvalue weighted by atomic mass is 10.2. The number of sulfonamides is 1. The Bertz CT molecular complexity index is 1400. The van der Waals surface area contributed by atoms with Crippen LogP contribution in [0.5, 0.6) is 11.8 Å². The van der Waals surface area contributed by atoms with Gasteiger partial charge in [0.15, 0.2) is 5.82 Å². The molecule has 0 amide bonds. The maximum Gasteiger partial charge on any atom is 0.322 e. The summed E-state index contributed by atoms with van der Waals surface area (Å²) in [4.78, 5) is 2.29. The van der Waals surface area contributed by atoms with Crippen molar-refractivity contribution >= 4 is 36.9 Å². The minimum atomic E-state index is -4.38. The number of rotatable bonds is 7. The topological polar surface area (TPSA) is 102 Å². The molecule has 2 aromatic heterocycles. The zero-order chi connectivity index (χ0) is 23.0. The SMILES string of the molecule is CCn1c(Oc2ccc3cc[nH]c3c2)nnc1[C@@H](C)NS(=O)(=O)c1cc(F)c(Br)cc1F. The Morgan fingerprint density at radius 3 is 2.72 bits per heavy atom. The van der Waals surface area contributed by atoms with Gasteiger partial charge in [-0.15, -0.1) is 5.10 Å². The summed E-state index contributed by atoms with van der Waals surface area (Å²) in [5.41, 5.74) is 0.884. The molecule has 8 nitrogen and oxygen atoms in total. The molecule has 0 unspecified atom stereocenters. The van der Waals surface area contributed by atoms with Gasteiger partial charge in [-0.3, -0.25) is 4.57 Å². The lowest BCUT2D eigenvalue weighted by Gasteiger charge is -2.16. The Morgan fingerprint density at radius 2 is 1.97 bits per heavy atom. The molecule has 1 atom stereocenters. The Labute approximate surface area is 190 Å². The van der Waals surface area contributed by atoms with Crippen molar-refractivity contribution in [2.24, 2.45) is 0 Å². The first-order valence-corrected chi connectivity index (χ1v) is 11.8. The van der Waals surface area contributed by atoms with Crippen LogP contribution in [0.1, 0.15) is 25.7 Å². The van der Waals surface area contributed by atoms with Crippen molar-refractivity contribution in [2.45, 2.75) is 31.3 Å². The van der Waals surface area contributed by atoms with Crippen LogP contribution in [-0.4, -0.2) is 28.2 Å². The molecule has 0 fully saturated rings. The number of H-pyrrole nitrogens is 1. The maximum absolute atomic E-state index is 14.2. The summed E-state index contributed by atoms with van der Waals surface area (Å²) in [6.07, 6.45) is 1.81. The van der Waals surface area contributed by atoms with Crippen molar-refractivity contribution in [1.29, 1.82) is 0 Å². The standard InChI is InChI=1S/C20H18BrF2N5O3S/c1-3-28-19(11(2)27-32(29,30)18-10-15(22)14(21)9-16(18)23)25-26-20(28)31-13-5-4-12-6-7-24-17(12)8-13/h4-11,24,27H,3H2,1-2H3/t11-/m1/s1. The smallest absolute Gasteiger partial charge is 0.322 e. The number of hydrogen-bond donors (Lipinski definition) is 2. The van der Waals surface area contributed by atoms with Gasteiger partial charge in [0.1, 0.15) is 22.3 Å². The van der Waals surface area contributed by atoms with Crippen LogP contribution < -0.4 is 9.46 Å². The van der Waals surface area contributed by atoms with E-state index in [1.165, 1.54) is 6.92 Å². The summed E-state index contributed by atoms with van der Waals surface area (Å²) in [5.74, 6) is -1.20. The number of halogens is 3. The summed E-state index contributed by atoms with van der Waals surface area (Å²) in [7, 11) is -4.38. The van der Waals surface area contributed by atoms with Crippen LogP contribution in [0, 0.1) is 11.6 Å². The first-order chi connectivity index (χ1) is 15.2. The van der Waals surface area contributed by atoms with E-state index in [9.17, 15) is 17.2 Å². The Balaban J connectivity index is 1.59. The summed E-state index contributed by atoms with van der Waals surface area (Å²) in [6, 6.07) is 8.04. The molecule has 4 aromatic rings. The third-order valence-electron chi connectivity index (χ3n) is 4.78. The fourth-order valence-corrected chi connectivity index (χ4v) is 4.84. The molecule has 2 N–H and O–H groups in total. The molecule has 0 radical (unpaired) electrons. The molecule has 0 aliphatic rings. The summed E-state index contributed by atoms with van der Waals surface area (Å²) < 4.78 is 62.9. The number of hydrogen-bond acceptors (Lipinski definition) is 5. The molecule has 0 aliphatic carbocycles. The third-order valence-corrected chi connectivity index (χ3v) is 6.94. The van der Waals surface area contributed by atoms with Crippen molar-refractivity contribution in [3.05, 3.63) is 64.5 Å². The molecule has 2 heterocycles. The molecule has 32 heavy (non-hydrogen) atoms. The van der Waals surface area contributed by atoms with E-state index in [1.54, 1.807) is 16.7 Å². The van der Waals surface area contributed by atoms with Crippen LogP contribution in [0.15, 0.2) is 52.0 Å². The second-order valence-electron chi connectivity index (χ2n) is 6.95. The average molecular weight is 526 g/mol. The summed E-state index contributed by atoms with van der Waals surface area (Å²) >= 11 is 2.83. The van der Waals surface area contributed by atoms with E-state index in [0.717, 1.165) is 17.0 Å². The van der Waals surface area contributed by atoms with Crippen LogP contribution in [0.4, 0.5) is 8.78 Å². The van der Waals surface area contributed by atoms with Gasteiger partial charge in [-0.1, -0.05) is 5.10 Å². The number of nitrogens with one attached hydrogen (secondary N) is 2. The molecule has 0 aliphatic heterocycles. The van der Waals surface area contributed by atoms with Crippen molar-refractivity contribution in [1.82, 2.24) is 24.5 Å². The summed E-state index contributed by atoms with van der Waals surface area (Å²) in [6.45, 7) is 3.73. The van der Waals surface area contributed by atoms with Gasteiger partial charge in [0.25, 0.3) is 0 Å². The van der Waals surface area contributed by atoms with Crippen LogP contribution in [-0.2, 0) is 16.6 Å². The quantitative estimate of drug-likeness (QED) is 0.342. The number of fused-ring (bicyclic) bond motifs is 1. The number of aromatic amines is 1. The van der Waals surface area contributed by atoms with Gasteiger partial charge in [0.05, 0.1) is 10.5 Å². The van der Waals surface area contributed by atoms with Gasteiger partial charge >= 0.3 is 6.01 Å². The molecule has 0 bridgehead atoms. The van der Waals surface area contributed by atoms with Gasteiger partial charge in [0, 0.05) is 24.3 Å². The average Bonchev–Trinajstić information content (AvgIpc) is 3.36. The molecule has 0 saturated heterocycles. The molecule has 4 rings (SSSR count). The second-order valence-corrected chi connectivity index (χ2v) is 9.49. The first kappa shape index (κ1) is 22.4. The molecule has 0 spiro atoms. The predicted octanol–water partition coefficient (Wildman–Crippen LogP) is 4.65. The first-order valence-electron chi connectivity index (χ1n) is 9.54. The minimum absolute atomic E-state index is 0.167. The highest BCUT2D eigenvalue weighted by molar-refractivity contribution is 9.10. The van der Waals surface area contributed by atoms with Gasteiger partial charge < -0.3 is 9.72 Å². The number of nitrogens with zero attached hydrogens (tertiary/aromatic N) is 3. The zero-order valence-corrected chi connectivity index (χ0v) is 19.3. The van der Waals surface area contributed by atoms with E-state index < -0.39 is 32.6 Å². The van der Waals surface area contributed by atoms with E-state index in [0.29, 0.717) is 18.4 Å². The van der Waals surface area contributed by atoms with Crippen molar-refractivity contribution in [3.8, 4) is 11.8 Å². The summed E-state index contributed by atoms with van der Waals surface area (Å²) in [5, 5.41) is 9.09. The highest BCUT2D eigenvalue weighted by Crippen LogP contribution is 2.28. The second kappa shape index (κ2) is 8.60. The van der Waals surface area contributed by atoms with Gasteiger partial charge in [0.2, 0.25) is 10.0 Å². The van der Waals surface area contributed by atoms with E-state index in [2.05, 4.69) is 35.8 Å². The zero-order valence-electron chi connectivity index (χ0n) is 16.9. The monoisotopic (exact) mass is 525 g/mol. The fourth-order valence-electron chi connectivity index (χ4n) is 3.25. The third kappa shape index (κ3) is 4.25. The van der Waals surface area contributed by atoms with Crippen LogP contribution in [0.2, 0.25) is 0 Å². The Morgan fingerprint density at radius 1 is 1.19 bits per heavy atom. The lowest BCUT2D eigenvalue weighted by molar-refractivity contribution is 0.408. The minimum Gasteiger partial charge on any atom is -0.424 e. The molecular formula is C20H18BrF2N5O3S. The Kier molecular flexibility index (Phi) is 6.01. The Hall–Kier alpha value is -2.83. The van der Waals surface area contributed by atoms with Crippen molar-refractivity contribution in [2.75, 3.05) is 0 Å². The van der Waals surface area contributed by atoms with Crippen LogP contribution in [0.3, 0.4) is 0 Å². The highest BCUT2D eigenvalue weighted by atomic mass is 79.9. The normalized spacial score (nSPS) is 12.9. The van der Waals surface area contributed by atoms with E-state index >= 15 is 0 Å². The highest BCUT2D eigenvalue weighted by Gasteiger charge is 2.27. The van der Waals surface area contributed by atoms with Gasteiger partial charge in [-0.25, -0.2) is 21.9 Å². The largest absolute Gasteiger partial charge is 0.424 e. The molecular weight excluding hydrogens is 508 g/mol. The predicted molar refractivity (Wildman–Crippen MR) is 117 cm³/mol. The van der Waals surface area contributed by atoms with E-state index in [1.807, 2.05) is 25.3 Å². The molecule has 0 saturated carbocycles. The van der Waals surface area contributed by atoms with Gasteiger partial charge in [-0.05, 0) is 65.5 Å². The lowest BCUT2D eigenvalue weighted by Crippen LogP contribution is -2.29. The molecule has 168 valence electrons.